The molecule has 1 aromatic carbocycles. The molecule has 1 N–H and O–H groups in total. The lowest BCUT2D eigenvalue weighted by Gasteiger charge is -2.19. The Bertz CT molecular complexity index is 546. The summed E-state index contributed by atoms with van der Waals surface area (Å²) in [5.41, 5.74) is -0.431. The molecule has 21 heavy (non-hydrogen) atoms. The van der Waals surface area contributed by atoms with Gasteiger partial charge in [0.25, 0.3) is 0 Å². The van der Waals surface area contributed by atoms with Crippen molar-refractivity contribution in [1.82, 2.24) is 4.90 Å². The number of hydrogen-bond donors (Lipinski definition) is 1. The minimum atomic E-state index is -1.20. The van der Waals surface area contributed by atoms with Crippen LogP contribution in [0.3, 0.4) is 0 Å². The van der Waals surface area contributed by atoms with E-state index < -0.39 is 10.9 Å². The van der Waals surface area contributed by atoms with Gasteiger partial charge in [0.15, 0.2) is 5.75 Å². The van der Waals surface area contributed by atoms with Gasteiger partial charge in [-0.2, -0.15) is 0 Å². The van der Waals surface area contributed by atoms with Gasteiger partial charge in [-0.25, -0.2) is 4.79 Å². The average molecular weight is 294 g/mol. The molecular weight excluding hydrogens is 276 g/mol. The van der Waals surface area contributed by atoms with E-state index in [9.17, 15) is 14.9 Å². The number of likely N-dealkylation sites (tertiary alicyclic amines) is 1. The number of carboxylic acid groups (broad SMARTS) is 1. The molecule has 1 aromatic rings. The maximum Gasteiger partial charge on any atom is 0.335 e. The highest BCUT2D eigenvalue weighted by Crippen LogP contribution is 2.28. The highest BCUT2D eigenvalue weighted by Gasteiger charge is 2.22. The molecule has 0 amide bonds. The van der Waals surface area contributed by atoms with Crippen LogP contribution in [0.15, 0.2) is 18.2 Å². The molecule has 1 atom stereocenters. The fraction of sp³-hybridized carbons (Fsp3) is 0.500. The summed E-state index contributed by atoms with van der Waals surface area (Å²) in [6.45, 7) is 1.44. The van der Waals surface area contributed by atoms with Gasteiger partial charge in [-0.1, -0.05) is 0 Å². The van der Waals surface area contributed by atoms with Crippen LogP contribution in [0.2, 0.25) is 0 Å². The van der Waals surface area contributed by atoms with Crippen LogP contribution in [-0.2, 0) is 0 Å². The topological polar surface area (TPSA) is 92.9 Å². The third-order valence-corrected chi connectivity index (χ3v) is 3.78. The first-order chi connectivity index (χ1) is 9.99. The van der Waals surface area contributed by atoms with Crippen LogP contribution in [0, 0.1) is 10.1 Å². The molecule has 1 unspecified atom stereocenters. The summed E-state index contributed by atoms with van der Waals surface area (Å²) in [7, 11) is 2.06. The van der Waals surface area contributed by atoms with Crippen molar-refractivity contribution in [3.05, 3.63) is 33.9 Å². The monoisotopic (exact) mass is 294 g/mol. The van der Waals surface area contributed by atoms with E-state index in [0.717, 1.165) is 31.9 Å². The summed E-state index contributed by atoms with van der Waals surface area (Å²) in [6.07, 6.45) is 3.07. The van der Waals surface area contributed by atoms with Crippen molar-refractivity contribution in [2.75, 3.05) is 20.2 Å². The lowest BCUT2D eigenvalue weighted by molar-refractivity contribution is -0.385. The SMILES string of the molecule is CN1CCCC1CCOc1ccc(C(=O)O)cc1[N+](=O)[O-]. The lowest BCUT2D eigenvalue weighted by atomic mass is 10.1. The van der Waals surface area contributed by atoms with E-state index in [0.29, 0.717) is 12.6 Å². The third-order valence-electron chi connectivity index (χ3n) is 3.78. The minimum absolute atomic E-state index is 0.116. The van der Waals surface area contributed by atoms with Crippen molar-refractivity contribution < 1.29 is 19.6 Å². The third kappa shape index (κ3) is 3.69. The highest BCUT2D eigenvalue weighted by atomic mass is 16.6. The average Bonchev–Trinajstić information content (AvgIpc) is 2.84. The van der Waals surface area contributed by atoms with Crippen molar-refractivity contribution >= 4 is 11.7 Å². The molecule has 7 heteroatoms. The Labute approximate surface area is 122 Å². The molecular formula is C14H18N2O5. The summed E-state index contributed by atoms with van der Waals surface area (Å²) >= 11 is 0. The highest BCUT2D eigenvalue weighted by molar-refractivity contribution is 5.88. The smallest absolute Gasteiger partial charge is 0.335 e. The van der Waals surface area contributed by atoms with Crippen LogP contribution in [0.4, 0.5) is 5.69 Å². The Balaban J connectivity index is 2.02. The van der Waals surface area contributed by atoms with Gasteiger partial charge in [0.05, 0.1) is 17.1 Å². The largest absolute Gasteiger partial charge is 0.487 e. The Morgan fingerprint density at radius 1 is 1.57 bits per heavy atom. The van der Waals surface area contributed by atoms with Crippen LogP contribution in [-0.4, -0.2) is 47.1 Å². The van der Waals surface area contributed by atoms with Crippen molar-refractivity contribution in [3.8, 4) is 5.75 Å². The summed E-state index contributed by atoms with van der Waals surface area (Å²) in [5.74, 6) is -1.08. The lowest BCUT2D eigenvalue weighted by Crippen LogP contribution is -2.26. The quantitative estimate of drug-likeness (QED) is 0.638. The molecule has 7 nitrogen and oxygen atoms in total. The normalized spacial score (nSPS) is 18.6. The van der Waals surface area contributed by atoms with Crippen molar-refractivity contribution in [1.29, 1.82) is 0 Å². The van der Waals surface area contributed by atoms with Crippen LogP contribution in [0.1, 0.15) is 29.6 Å². The maximum absolute atomic E-state index is 11.0. The van der Waals surface area contributed by atoms with Gasteiger partial charge in [-0.05, 0) is 45.0 Å². The first-order valence-corrected chi connectivity index (χ1v) is 6.84. The molecule has 0 saturated carbocycles. The Kier molecular flexibility index (Phi) is 4.74. The molecule has 1 heterocycles. The number of nitro groups is 1. The molecule has 2 rings (SSSR count). The van der Waals surface area contributed by atoms with Crippen LogP contribution >= 0.6 is 0 Å². The second-order valence-corrected chi connectivity index (χ2v) is 5.16. The van der Waals surface area contributed by atoms with Crippen LogP contribution in [0.25, 0.3) is 0 Å². The van der Waals surface area contributed by atoms with Crippen molar-refractivity contribution in [2.45, 2.75) is 25.3 Å². The number of benzene rings is 1. The molecule has 0 aromatic heterocycles. The van der Waals surface area contributed by atoms with Gasteiger partial charge in [0.1, 0.15) is 0 Å². The number of carboxylic acids is 1. The fourth-order valence-corrected chi connectivity index (χ4v) is 2.56. The summed E-state index contributed by atoms with van der Waals surface area (Å²) in [5, 5.41) is 19.9. The molecule has 0 aliphatic carbocycles. The van der Waals surface area contributed by atoms with E-state index in [1.165, 1.54) is 12.1 Å². The number of ether oxygens (including phenoxy) is 1. The van der Waals surface area contributed by atoms with E-state index in [2.05, 4.69) is 11.9 Å². The number of hydrogen-bond acceptors (Lipinski definition) is 5. The Morgan fingerprint density at radius 2 is 2.33 bits per heavy atom. The first kappa shape index (κ1) is 15.2. The minimum Gasteiger partial charge on any atom is -0.487 e. The van der Waals surface area contributed by atoms with Gasteiger partial charge in [-0.3, -0.25) is 10.1 Å². The van der Waals surface area contributed by atoms with E-state index >= 15 is 0 Å². The van der Waals surface area contributed by atoms with Crippen LogP contribution in [0.5, 0.6) is 5.75 Å². The van der Waals surface area contributed by atoms with Gasteiger partial charge >= 0.3 is 11.7 Å². The fourth-order valence-electron chi connectivity index (χ4n) is 2.56. The van der Waals surface area contributed by atoms with Gasteiger partial charge < -0.3 is 14.7 Å². The Morgan fingerprint density at radius 3 is 2.90 bits per heavy atom. The molecule has 1 aliphatic heterocycles. The second-order valence-electron chi connectivity index (χ2n) is 5.16. The second kappa shape index (κ2) is 6.53. The van der Waals surface area contributed by atoms with E-state index in [1.54, 1.807) is 0 Å². The molecule has 0 radical (unpaired) electrons. The maximum atomic E-state index is 11.0. The molecule has 114 valence electrons. The molecule has 1 aliphatic rings. The number of nitro benzene ring substituents is 1. The van der Waals surface area contributed by atoms with Gasteiger partial charge in [0, 0.05) is 12.1 Å². The number of aromatic carboxylic acids is 1. The molecule has 1 saturated heterocycles. The zero-order valence-corrected chi connectivity index (χ0v) is 11.8. The standard InChI is InChI=1S/C14H18N2O5/c1-15-7-2-3-11(15)6-8-21-13-5-4-10(14(17)18)9-12(13)16(19)20/h4-5,9,11H,2-3,6-8H2,1H3,(H,17,18). The number of carbonyl (C=O) groups is 1. The summed E-state index contributed by atoms with van der Waals surface area (Å²) < 4.78 is 5.48. The number of rotatable bonds is 6. The van der Waals surface area contributed by atoms with E-state index in [1.807, 2.05) is 0 Å². The molecule has 1 fully saturated rings. The zero-order chi connectivity index (χ0) is 15.4. The van der Waals surface area contributed by atoms with E-state index in [4.69, 9.17) is 9.84 Å². The number of nitrogens with zero attached hydrogens (tertiary/aromatic N) is 2. The van der Waals surface area contributed by atoms with Crippen molar-refractivity contribution in [3.63, 3.8) is 0 Å². The molecule has 0 spiro atoms. The predicted molar refractivity (Wildman–Crippen MR) is 75.8 cm³/mol. The molecule has 0 bridgehead atoms. The van der Waals surface area contributed by atoms with Crippen molar-refractivity contribution in [2.24, 2.45) is 0 Å². The predicted octanol–water partition coefficient (Wildman–Crippen LogP) is 2.16. The van der Waals surface area contributed by atoms with Gasteiger partial charge in [0.2, 0.25) is 0 Å². The Hall–Kier alpha value is -2.15. The first-order valence-electron chi connectivity index (χ1n) is 6.84. The van der Waals surface area contributed by atoms with Gasteiger partial charge in [-0.15, -0.1) is 0 Å². The van der Waals surface area contributed by atoms with Crippen LogP contribution < -0.4 is 4.74 Å². The summed E-state index contributed by atoms with van der Waals surface area (Å²) in [6, 6.07) is 4.13. The summed E-state index contributed by atoms with van der Waals surface area (Å²) in [4.78, 5) is 23.5. The van der Waals surface area contributed by atoms with E-state index in [-0.39, 0.29) is 17.0 Å². The zero-order valence-electron chi connectivity index (χ0n) is 11.8.